The highest BCUT2D eigenvalue weighted by Gasteiger charge is 2.10. The van der Waals surface area contributed by atoms with Gasteiger partial charge in [0.05, 0.1) is 17.6 Å². The molecule has 1 aromatic heterocycles. The minimum atomic E-state index is 0.423. The van der Waals surface area contributed by atoms with E-state index in [1.165, 1.54) is 0 Å². The summed E-state index contributed by atoms with van der Waals surface area (Å²) in [5.41, 5.74) is 1.99. The second-order valence-electron chi connectivity index (χ2n) is 3.51. The lowest BCUT2D eigenvalue weighted by Gasteiger charge is -2.24. The largest absolute Gasteiger partial charge is 0.355 e. The summed E-state index contributed by atoms with van der Waals surface area (Å²) in [6.45, 7) is 6.10. The molecule has 1 rings (SSSR count). The highest BCUT2D eigenvalue weighted by molar-refractivity contribution is 9.09. The maximum absolute atomic E-state index is 4.48. The third-order valence-electron chi connectivity index (χ3n) is 2.43. The molecule has 1 heterocycles. The highest BCUT2D eigenvalue weighted by atomic mass is 79.9. The highest BCUT2D eigenvalue weighted by Crippen LogP contribution is 2.13. The first-order valence-electron chi connectivity index (χ1n) is 4.65. The van der Waals surface area contributed by atoms with Gasteiger partial charge in [-0.25, -0.2) is 4.98 Å². The van der Waals surface area contributed by atoms with Crippen molar-refractivity contribution < 1.29 is 0 Å². The van der Waals surface area contributed by atoms with Gasteiger partial charge in [0.15, 0.2) is 0 Å². The number of anilines is 1. The van der Waals surface area contributed by atoms with E-state index in [4.69, 9.17) is 0 Å². The number of alkyl halides is 1. The van der Waals surface area contributed by atoms with Crippen LogP contribution in [0.2, 0.25) is 0 Å². The van der Waals surface area contributed by atoms with Crippen molar-refractivity contribution in [3.8, 4) is 0 Å². The Labute approximate surface area is 93.7 Å². The topological polar surface area (TPSA) is 29.0 Å². The quantitative estimate of drug-likeness (QED) is 0.779. The van der Waals surface area contributed by atoms with Gasteiger partial charge in [0.2, 0.25) is 0 Å². The van der Waals surface area contributed by atoms with Crippen molar-refractivity contribution in [2.24, 2.45) is 0 Å². The summed E-state index contributed by atoms with van der Waals surface area (Å²) >= 11 is 3.46. The van der Waals surface area contributed by atoms with Crippen LogP contribution in [0.4, 0.5) is 5.82 Å². The molecule has 0 aliphatic rings. The molecule has 4 heteroatoms. The Balaban J connectivity index is 2.91. The predicted octanol–water partition coefficient (Wildman–Crippen LogP) is 2.31. The maximum Gasteiger partial charge on any atom is 0.147 e. The zero-order valence-corrected chi connectivity index (χ0v) is 10.7. The van der Waals surface area contributed by atoms with Gasteiger partial charge in [-0.15, -0.1) is 0 Å². The fraction of sp³-hybridized carbons (Fsp3) is 0.600. The molecule has 78 valence electrons. The third kappa shape index (κ3) is 2.44. The Morgan fingerprint density at radius 2 is 2.07 bits per heavy atom. The van der Waals surface area contributed by atoms with Crippen molar-refractivity contribution in [2.75, 3.05) is 17.3 Å². The van der Waals surface area contributed by atoms with Crippen LogP contribution >= 0.6 is 15.9 Å². The van der Waals surface area contributed by atoms with Gasteiger partial charge in [0.25, 0.3) is 0 Å². The van der Waals surface area contributed by atoms with Crippen molar-refractivity contribution >= 4 is 21.7 Å². The summed E-state index contributed by atoms with van der Waals surface area (Å²) in [4.78, 5) is 10.9. The van der Waals surface area contributed by atoms with E-state index in [1.54, 1.807) is 0 Å². The molecule has 1 unspecified atom stereocenters. The van der Waals surface area contributed by atoms with Gasteiger partial charge >= 0.3 is 0 Å². The van der Waals surface area contributed by atoms with Crippen LogP contribution in [0, 0.1) is 13.8 Å². The van der Waals surface area contributed by atoms with E-state index in [0.29, 0.717) is 6.04 Å². The molecule has 0 fully saturated rings. The fourth-order valence-corrected chi connectivity index (χ4v) is 1.46. The molecule has 0 aliphatic heterocycles. The average Bonchev–Trinajstić information content (AvgIpc) is 2.20. The van der Waals surface area contributed by atoms with E-state index in [2.05, 4.69) is 37.7 Å². The standard InChI is InChI=1S/C10H16BrN3/c1-7(5-11)14(4)10-6-12-8(2)9(3)13-10/h6-7H,5H2,1-4H3. The Bertz CT molecular complexity index is 314. The van der Waals surface area contributed by atoms with Gasteiger partial charge in [-0.3, -0.25) is 4.98 Å². The van der Waals surface area contributed by atoms with Crippen LogP contribution in [-0.2, 0) is 0 Å². The lowest BCUT2D eigenvalue weighted by molar-refractivity contribution is 0.750. The number of aromatic nitrogens is 2. The van der Waals surface area contributed by atoms with Crippen LogP contribution in [0.1, 0.15) is 18.3 Å². The predicted molar refractivity (Wildman–Crippen MR) is 63.2 cm³/mol. The van der Waals surface area contributed by atoms with Gasteiger partial charge in [-0.2, -0.15) is 0 Å². The Morgan fingerprint density at radius 1 is 1.43 bits per heavy atom. The Kier molecular flexibility index (Phi) is 3.86. The van der Waals surface area contributed by atoms with Crippen molar-refractivity contribution in [3.05, 3.63) is 17.6 Å². The van der Waals surface area contributed by atoms with Gasteiger partial charge in [0, 0.05) is 18.4 Å². The number of hydrogen-bond donors (Lipinski definition) is 0. The minimum Gasteiger partial charge on any atom is -0.355 e. The Hall–Kier alpha value is -0.640. The van der Waals surface area contributed by atoms with Gasteiger partial charge in [0.1, 0.15) is 5.82 Å². The molecular formula is C10H16BrN3. The lowest BCUT2D eigenvalue weighted by Crippen LogP contribution is -2.31. The van der Waals surface area contributed by atoms with E-state index < -0.39 is 0 Å². The first kappa shape index (κ1) is 11.4. The van der Waals surface area contributed by atoms with E-state index in [9.17, 15) is 0 Å². The van der Waals surface area contributed by atoms with Crippen LogP contribution in [0.5, 0.6) is 0 Å². The summed E-state index contributed by atoms with van der Waals surface area (Å²) in [6.07, 6.45) is 1.82. The number of rotatable bonds is 3. The van der Waals surface area contributed by atoms with E-state index >= 15 is 0 Å². The van der Waals surface area contributed by atoms with Crippen LogP contribution in [0.25, 0.3) is 0 Å². The molecule has 0 radical (unpaired) electrons. The molecule has 0 amide bonds. The molecule has 0 aromatic carbocycles. The van der Waals surface area contributed by atoms with Crippen LogP contribution in [0.15, 0.2) is 6.20 Å². The number of halogens is 1. The smallest absolute Gasteiger partial charge is 0.147 e. The summed E-state index contributed by atoms with van der Waals surface area (Å²) in [5.74, 6) is 0.931. The molecule has 0 N–H and O–H groups in total. The first-order valence-corrected chi connectivity index (χ1v) is 5.77. The summed E-state index contributed by atoms with van der Waals surface area (Å²) in [5, 5.41) is 0.929. The SMILES string of the molecule is Cc1ncc(N(C)C(C)CBr)nc1C. The molecule has 3 nitrogen and oxygen atoms in total. The monoisotopic (exact) mass is 257 g/mol. The Morgan fingerprint density at radius 3 is 2.57 bits per heavy atom. The number of hydrogen-bond acceptors (Lipinski definition) is 3. The molecule has 1 aromatic rings. The molecule has 0 saturated carbocycles. The zero-order chi connectivity index (χ0) is 10.7. The maximum atomic E-state index is 4.48. The number of aryl methyl sites for hydroxylation is 2. The fourth-order valence-electron chi connectivity index (χ4n) is 1.03. The molecule has 0 bridgehead atoms. The first-order chi connectivity index (χ1) is 6.56. The molecule has 0 spiro atoms. The summed E-state index contributed by atoms with van der Waals surface area (Å²) in [6, 6.07) is 0.423. The van der Waals surface area contributed by atoms with Gasteiger partial charge in [-0.1, -0.05) is 15.9 Å². The van der Waals surface area contributed by atoms with Crippen molar-refractivity contribution in [2.45, 2.75) is 26.8 Å². The van der Waals surface area contributed by atoms with Crippen LogP contribution < -0.4 is 4.90 Å². The average molecular weight is 258 g/mol. The molecular weight excluding hydrogens is 242 g/mol. The molecule has 0 saturated heterocycles. The molecule has 0 aliphatic carbocycles. The van der Waals surface area contributed by atoms with Crippen LogP contribution in [0.3, 0.4) is 0 Å². The second-order valence-corrected chi connectivity index (χ2v) is 4.16. The molecule has 14 heavy (non-hydrogen) atoms. The van der Waals surface area contributed by atoms with Gasteiger partial charge in [-0.05, 0) is 20.8 Å². The van der Waals surface area contributed by atoms with E-state index in [-0.39, 0.29) is 0 Å². The third-order valence-corrected chi connectivity index (χ3v) is 3.36. The van der Waals surface area contributed by atoms with E-state index in [0.717, 1.165) is 22.5 Å². The zero-order valence-electron chi connectivity index (χ0n) is 9.08. The van der Waals surface area contributed by atoms with E-state index in [1.807, 2.05) is 27.1 Å². The van der Waals surface area contributed by atoms with Gasteiger partial charge < -0.3 is 4.90 Å². The second kappa shape index (κ2) is 4.73. The summed E-state index contributed by atoms with van der Waals surface area (Å²) in [7, 11) is 2.03. The normalized spacial score (nSPS) is 12.6. The minimum absolute atomic E-state index is 0.423. The van der Waals surface area contributed by atoms with Crippen molar-refractivity contribution in [1.82, 2.24) is 9.97 Å². The van der Waals surface area contributed by atoms with Crippen LogP contribution in [-0.4, -0.2) is 28.4 Å². The van der Waals surface area contributed by atoms with Crippen molar-refractivity contribution in [3.63, 3.8) is 0 Å². The number of nitrogens with zero attached hydrogens (tertiary/aromatic N) is 3. The lowest BCUT2D eigenvalue weighted by atomic mass is 10.3. The van der Waals surface area contributed by atoms with Crippen molar-refractivity contribution in [1.29, 1.82) is 0 Å². The summed E-state index contributed by atoms with van der Waals surface area (Å²) < 4.78 is 0. The molecule has 1 atom stereocenters.